The number of ether oxygens (including phenoxy) is 1. The Balaban J connectivity index is 1.79. The van der Waals surface area contributed by atoms with E-state index >= 15 is 0 Å². The van der Waals surface area contributed by atoms with E-state index in [1.165, 1.54) is 0 Å². The molecule has 9 heteroatoms. The van der Waals surface area contributed by atoms with Crippen molar-refractivity contribution in [3.8, 4) is 17.1 Å². The number of benzene rings is 2. The molecule has 0 aliphatic rings. The van der Waals surface area contributed by atoms with Gasteiger partial charge < -0.3 is 9.26 Å². The molecule has 0 saturated carbocycles. The molecule has 27 heavy (non-hydrogen) atoms. The van der Waals surface area contributed by atoms with Gasteiger partial charge in [0, 0.05) is 10.0 Å². The van der Waals surface area contributed by atoms with Crippen LogP contribution in [-0.2, 0) is 16.6 Å². The molecule has 2 aromatic carbocycles. The van der Waals surface area contributed by atoms with E-state index in [0.29, 0.717) is 22.7 Å². The zero-order valence-corrected chi connectivity index (χ0v) is 17.4. The average Bonchev–Trinajstić information content (AvgIpc) is 3.08. The van der Waals surface area contributed by atoms with Gasteiger partial charge in [-0.25, -0.2) is 13.1 Å². The fourth-order valence-electron chi connectivity index (χ4n) is 2.75. The van der Waals surface area contributed by atoms with Crippen LogP contribution in [0.2, 0.25) is 0 Å². The molecule has 0 spiro atoms. The lowest BCUT2D eigenvalue weighted by Gasteiger charge is -2.12. The third-order valence-electron chi connectivity index (χ3n) is 3.90. The summed E-state index contributed by atoms with van der Waals surface area (Å²) < 4.78 is 39.2. The summed E-state index contributed by atoms with van der Waals surface area (Å²) in [4.78, 5) is 4.46. The molecule has 0 atom stereocenters. The Morgan fingerprint density at radius 1 is 1.19 bits per heavy atom. The maximum Gasteiger partial charge on any atom is 0.242 e. The van der Waals surface area contributed by atoms with Gasteiger partial charge in [0.2, 0.25) is 21.7 Å². The van der Waals surface area contributed by atoms with Gasteiger partial charge in [-0.3, -0.25) is 0 Å². The van der Waals surface area contributed by atoms with Crippen LogP contribution in [0.3, 0.4) is 0 Å². The molecular formula is C18H18BrN3O4S. The summed E-state index contributed by atoms with van der Waals surface area (Å²) in [5.74, 6) is 1.18. The van der Waals surface area contributed by atoms with Crippen LogP contribution in [0.5, 0.6) is 5.75 Å². The lowest BCUT2D eigenvalue weighted by atomic mass is 10.1. The molecule has 0 radical (unpaired) electrons. The van der Waals surface area contributed by atoms with Gasteiger partial charge >= 0.3 is 0 Å². The van der Waals surface area contributed by atoms with Gasteiger partial charge in [0.25, 0.3) is 0 Å². The van der Waals surface area contributed by atoms with E-state index in [-0.39, 0.29) is 17.3 Å². The maximum absolute atomic E-state index is 12.7. The number of methoxy groups -OCH3 is 1. The van der Waals surface area contributed by atoms with Crippen molar-refractivity contribution in [1.29, 1.82) is 0 Å². The van der Waals surface area contributed by atoms with Gasteiger partial charge in [0.15, 0.2) is 0 Å². The van der Waals surface area contributed by atoms with Gasteiger partial charge in [-0.2, -0.15) is 4.98 Å². The van der Waals surface area contributed by atoms with Crippen LogP contribution >= 0.6 is 15.9 Å². The Morgan fingerprint density at radius 2 is 1.89 bits per heavy atom. The van der Waals surface area contributed by atoms with Crippen molar-refractivity contribution < 1.29 is 17.7 Å². The number of halogens is 1. The van der Waals surface area contributed by atoms with Gasteiger partial charge in [-0.15, -0.1) is 0 Å². The zero-order valence-electron chi connectivity index (χ0n) is 15.0. The third kappa shape index (κ3) is 4.37. The Labute approximate surface area is 165 Å². The van der Waals surface area contributed by atoms with Gasteiger partial charge in [-0.05, 0) is 49.2 Å². The predicted molar refractivity (Wildman–Crippen MR) is 104 cm³/mol. The Morgan fingerprint density at radius 3 is 2.52 bits per heavy atom. The van der Waals surface area contributed by atoms with Gasteiger partial charge in [0.1, 0.15) is 5.75 Å². The molecule has 3 aromatic rings. The first-order valence-corrected chi connectivity index (χ1v) is 10.3. The topological polar surface area (TPSA) is 94.3 Å². The van der Waals surface area contributed by atoms with Crippen LogP contribution in [0.25, 0.3) is 11.4 Å². The third-order valence-corrected chi connectivity index (χ3v) is 6.10. The van der Waals surface area contributed by atoms with E-state index < -0.39 is 10.0 Å². The van der Waals surface area contributed by atoms with Crippen LogP contribution in [-0.4, -0.2) is 25.7 Å². The Bertz CT molecular complexity index is 1060. The summed E-state index contributed by atoms with van der Waals surface area (Å²) >= 11 is 3.39. The first-order valence-electron chi connectivity index (χ1n) is 8.03. The zero-order chi connectivity index (χ0) is 19.6. The summed E-state index contributed by atoms with van der Waals surface area (Å²) in [5.41, 5.74) is 1.96. The quantitative estimate of drug-likeness (QED) is 0.614. The van der Waals surface area contributed by atoms with E-state index in [0.717, 1.165) is 10.0 Å². The molecule has 1 aromatic heterocycles. The lowest BCUT2D eigenvalue weighted by Crippen LogP contribution is -2.25. The second kappa shape index (κ2) is 7.79. The second-order valence-corrected chi connectivity index (χ2v) is 8.56. The van der Waals surface area contributed by atoms with Crippen molar-refractivity contribution in [2.24, 2.45) is 0 Å². The van der Waals surface area contributed by atoms with Crippen LogP contribution in [0.15, 0.2) is 50.3 Å². The van der Waals surface area contributed by atoms with Crippen molar-refractivity contribution in [2.45, 2.75) is 25.3 Å². The monoisotopic (exact) mass is 451 g/mol. The highest BCUT2D eigenvalue weighted by molar-refractivity contribution is 9.10. The summed E-state index contributed by atoms with van der Waals surface area (Å²) in [6.45, 7) is 3.35. The standard InChI is InChI=1S/C18H18BrN3O4S/c1-11-7-15(25-3)8-12(2)17(11)27(23,24)20-10-16-21-18(22-26-16)13-5-4-6-14(19)9-13/h4-9,20H,10H2,1-3H3. The number of rotatable bonds is 6. The summed E-state index contributed by atoms with van der Waals surface area (Å²) in [7, 11) is -2.21. The molecule has 3 rings (SSSR count). The molecule has 0 aliphatic carbocycles. The van der Waals surface area contributed by atoms with Crippen LogP contribution in [0, 0.1) is 13.8 Å². The second-order valence-electron chi connectivity index (χ2n) is 5.94. The number of aryl methyl sites for hydroxylation is 2. The molecule has 1 N–H and O–H groups in total. The molecule has 0 bridgehead atoms. The highest BCUT2D eigenvalue weighted by atomic mass is 79.9. The molecule has 0 fully saturated rings. The molecular weight excluding hydrogens is 434 g/mol. The minimum atomic E-state index is -3.75. The predicted octanol–water partition coefficient (Wildman–Crippen LogP) is 3.60. The highest BCUT2D eigenvalue weighted by Crippen LogP contribution is 2.26. The van der Waals surface area contributed by atoms with E-state index in [2.05, 4.69) is 30.8 Å². The fourth-order valence-corrected chi connectivity index (χ4v) is 4.58. The fraction of sp³-hybridized carbons (Fsp3) is 0.222. The summed E-state index contributed by atoms with van der Waals surface area (Å²) in [5, 5.41) is 3.90. The smallest absolute Gasteiger partial charge is 0.242 e. The maximum atomic E-state index is 12.7. The van der Waals surface area contributed by atoms with Crippen LogP contribution < -0.4 is 9.46 Å². The molecule has 0 amide bonds. The first-order chi connectivity index (χ1) is 12.8. The number of nitrogens with zero attached hydrogens (tertiary/aromatic N) is 2. The van der Waals surface area contributed by atoms with Crippen molar-refractivity contribution >= 4 is 26.0 Å². The number of aromatic nitrogens is 2. The molecule has 0 saturated heterocycles. The van der Waals surface area contributed by atoms with E-state index in [1.807, 2.05) is 24.3 Å². The summed E-state index contributed by atoms with van der Waals surface area (Å²) in [6, 6.07) is 10.8. The SMILES string of the molecule is COc1cc(C)c(S(=O)(=O)NCc2nc(-c3cccc(Br)c3)no2)c(C)c1. The highest BCUT2D eigenvalue weighted by Gasteiger charge is 2.21. The number of hydrogen-bond donors (Lipinski definition) is 1. The Kier molecular flexibility index (Phi) is 5.64. The minimum absolute atomic E-state index is 0.103. The van der Waals surface area contributed by atoms with Crippen molar-refractivity contribution in [3.05, 3.63) is 57.9 Å². The van der Waals surface area contributed by atoms with E-state index in [4.69, 9.17) is 9.26 Å². The summed E-state index contributed by atoms with van der Waals surface area (Å²) in [6.07, 6.45) is 0. The number of sulfonamides is 1. The average molecular weight is 452 g/mol. The van der Waals surface area contributed by atoms with Crippen molar-refractivity contribution in [1.82, 2.24) is 14.9 Å². The molecule has 0 unspecified atom stereocenters. The molecule has 0 aliphatic heterocycles. The lowest BCUT2D eigenvalue weighted by molar-refractivity contribution is 0.376. The minimum Gasteiger partial charge on any atom is -0.497 e. The van der Waals surface area contributed by atoms with Crippen molar-refractivity contribution in [2.75, 3.05) is 7.11 Å². The number of hydrogen-bond acceptors (Lipinski definition) is 6. The molecule has 142 valence electrons. The normalized spacial score (nSPS) is 11.6. The van der Waals surface area contributed by atoms with Crippen LogP contribution in [0.4, 0.5) is 0 Å². The molecule has 7 nitrogen and oxygen atoms in total. The van der Waals surface area contributed by atoms with Crippen LogP contribution in [0.1, 0.15) is 17.0 Å². The Hall–Kier alpha value is -2.23. The largest absolute Gasteiger partial charge is 0.497 e. The van der Waals surface area contributed by atoms with E-state index in [9.17, 15) is 8.42 Å². The first kappa shape index (κ1) is 19.5. The van der Waals surface area contributed by atoms with Crippen molar-refractivity contribution in [3.63, 3.8) is 0 Å². The van der Waals surface area contributed by atoms with E-state index in [1.54, 1.807) is 33.1 Å². The number of nitrogens with one attached hydrogen (secondary N) is 1. The molecule has 1 heterocycles. The van der Waals surface area contributed by atoms with Gasteiger partial charge in [-0.1, -0.05) is 33.2 Å². The van der Waals surface area contributed by atoms with Gasteiger partial charge in [0.05, 0.1) is 18.6 Å².